The van der Waals surface area contributed by atoms with Crippen molar-refractivity contribution < 1.29 is 9.90 Å². The van der Waals surface area contributed by atoms with Crippen LogP contribution in [-0.4, -0.2) is 25.8 Å². The zero-order valence-corrected chi connectivity index (χ0v) is 12.6. The predicted molar refractivity (Wildman–Crippen MR) is 91.3 cm³/mol. The van der Waals surface area contributed by atoms with Gasteiger partial charge in [-0.2, -0.15) is 5.10 Å². The maximum atomic E-state index is 11.6. The maximum Gasteiger partial charge on any atom is 0.354 e. The number of hydrogen-bond donors (Lipinski definition) is 1. The molecule has 5 heteroatoms. The molecule has 2 aromatic heterocycles. The summed E-state index contributed by atoms with van der Waals surface area (Å²) in [6.07, 6.45) is 1.61. The highest BCUT2D eigenvalue weighted by molar-refractivity contribution is 5.90. The smallest absolute Gasteiger partial charge is 0.354 e. The Bertz CT molecular complexity index is 1040. The minimum absolute atomic E-state index is 0.0804. The number of nitrogens with zero attached hydrogens (tertiary/aromatic N) is 3. The molecule has 5 nitrogen and oxygen atoms in total. The number of fused-ring (bicyclic) bond motifs is 1. The van der Waals surface area contributed by atoms with Crippen molar-refractivity contribution in [2.24, 2.45) is 0 Å². The first-order valence-electron chi connectivity index (χ1n) is 7.46. The highest BCUT2D eigenvalue weighted by Crippen LogP contribution is 2.25. The third-order valence-electron chi connectivity index (χ3n) is 3.84. The molecule has 0 aliphatic heterocycles. The molecular formula is C19H13N3O2. The van der Waals surface area contributed by atoms with Gasteiger partial charge >= 0.3 is 5.97 Å². The largest absolute Gasteiger partial charge is 0.477 e. The van der Waals surface area contributed by atoms with Gasteiger partial charge in [-0.05, 0) is 35.0 Å². The molecule has 4 aromatic rings. The van der Waals surface area contributed by atoms with Crippen LogP contribution in [0.15, 0.2) is 72.9 Å². The Hall–Kier alpha value is -3.47. The second-order valence-electron chi connectivity index (χ2n) is 5.38. The van der Waals surface area contributed by atoms with E-state index in [1.165, 1.54) is 4.68 Å². The fourth-order valence-corrected chi connectivity index (χ4v) is 2.68. The van der Waals surface area contributed by atoms with Gasteiger partial charge in [-0.25, -0.2) is 14.5 Å². The number of benzene rings is 2. The third kappa shape index (κ3) is 2.42. The number of carboxylic acids is 1. The van der Waals surface area contributed by atoms with Gasteiger partial charge in [-0.1, -0.05) is 42.5 Å². The maximum absolute atomic E-state index is 11.6. The first-order chi connectivity index (χ1) is 11.7. The first kappa shape index (κ1) is 14.1. The van der Waals surface area contributed by atoms with E-state index < -0.39 is 5.97 Å². The molecule has 0 saturated heterocycles. The third-order valence-corrected chi connectivity index (χ3v) is 3.84. The SMILES string of the molecule is O=C(O)c1cc(-c2ccc3ccccc3c2)nn1-c1ccccn1. The molecule has 116 valence electrons. The van der Waals surface area contributed by atoms with E-state index in [9.17, 15) is 9.90 Å². The molecule has 24 heavy (non-hydrogen) atoms. The summed E-state index contributed by atoms with van der Waals surface area (Å²) in [4.78, 5) is 15.7. The van der Waals surface area contributed by atoms with Crippen molar-refractivity contribution >= 4 is 16.7 Å². The van der Waals surface area contributed by atoms with E-state index in [1.54, 1.807) is 30.5 Å². The van der Waals surface area contributed by atoms with Gasteiger partial charge < -0.3 is 5.11 Å². The molecule has 0 aliphatic carbocycles. The van der Waals surface area contributed by atoms with Crippen LogP contribution in [0.1, 0.15) is 10.5 Å². The summed E-state index contributed by atoms with van der Waals surface area (Å²) < 4.78 is 1.35. The van der Waals surface area contributed by atoms with Gasteiger partial charge in [0, 0.05) is 11.8 Å². The van der Waals surface area contributed by atoms with Crippen molar-refractivity contribution in [1.82, 2.24) is 14.8 Å². The Morgan fingerprint density at radius 3 is 2.46 bits per heavy atom. The fraction of sp³-hybridized carbons (Fsp3) is 0. The minimum atomic E-state index is -1.04. The van der Waals surface area contributed by atoms with Crippen LogP contribution >= 0.6 is 0 Å². The lowest BCUT2D eigenvalue weighted by Gasteiger charge is -2.02. The lowest BCUT2D eigenvalue weighted by molar-refractivity contribution is 0.0687. The first-order valence-corrected chi connectivity index (χ1v) is 7.46. The van der Waals surface area contributed by atoms with Crippen LogP contribution in [-0.2, 0) is 0 Å². The molecule has 1 N–H and O–H groups in total. The number of carbonyl (C=O) groups is 1. The molecule has 0 fully saturated rings. The van der Waals surface area contributed by atoms with E-state index in [1.807, 2.05) is 42.5 Å². The molecule has 0 atom stereocenters. The molecule has 0 aliphatic rings. The number of aromatic nitrogens is 3. The van der Waals surface area contributed by atoms with Crippen molar-refractivity contribution in [1.29, 1.82) is 0 Å². The normalized spacial score (nSPS) is 10.8. The number of hydrogen-bond acceptors (Lipinski definition) is 3. The van der Waals surface area contributed by atoms with E-state index in [0.29, 0.717) is 11.5 Å². The Balaban J connectivity index is 1.87. The standard InChI is InChI=1S/C19H13N3O2/c23-19(24)17-12-16(21-22(17)18-7-3-4-10-20-18)15-9-8-13-5-1-2-6-14(13)11-15/h1-12H,(H,23,24). The molecule has 0 spiro atoms. The monoisotopic (exact) mass is 315 g/mol. The van der Waals surface area contributed by atoms with Gasteiger partial charge in [0.15, 0.2) is 11.5 Å². The van der Waals surface area contributed by atoms with Crippen molar-refractivity contribution in [3.8, 4) is 17.1 Å². The van der Waals surface area contributed by atoms with Crippen LogP contribution in [0.3, 0.4) is 0 Å². The molecule has 0 bridgehead atoms. The number of aromatic carboxylic acids is 1. The average molecular weight is 315 g/mol. The summed E-state index contributed by atoms with van der Waals surface area (Å²) >= 11 is 0. The quantitative estimate of drug-likeness (QED) is 0.624. The number of rotatable bonds is 3. The molecule has 0 saturated carbocycles. The van der Waals surface area contributed by atoms with Gasteiger partial charge in [0.05, 0.1) is 5.69 Å². The fourth-order valence-electron chi connectivity index (χ4n) is 2.68. The van der Waals surface area contributed by atoms with Gasteiger partial charge in [0.1, 0.15) is 0 Å². The Labute approximate surface area is 137 Å². The second-order valence-corrected chi connectivity index (χ2v) is 5.38. The van der Waals surface area contributed by atoms with Crippen LogP contribution in [0.25, 0.3) is 27.8 Å². The van der Waals surface area contributed by atoms with E-state index in [0.717, 1.165) is 16.3 Å². The highest BCUT2D eigenvalue weighted by atomic mass is 16.4. The van der Waals surface area contributed by atoms with Gasteiger partial charge in [-0.15, -0.1) is 0 Å². The summed E-state index contributed by atoms with van der Waals surface area (Å²) in [5.41, 5.74) is 1.55. The zero-order chi connectivity index (χ0) is 16.5. The molecule has 0 radical (unpaired) electrons. The van der Waals surface area contributed by atoms with Crippen molar-refractivity contribution in [3.63, 3.8) is 0 Å². The summed E-state index contributed by atoms with van der Waals surface area (Å²) in [6.45, 7) is 0. The highest BCUT2D eigenvalue weighted by Gasteiger charge is 2.17. The van der Waals surface area contributed by atoms with Crippen molar-refractivity contribution in [3.05, 3.63) is 78.6 Å². The van der Waals surface area contributed by atoms with Crippen LogP contribution in [0.5, 0.6) is 0 Å². The lowest BCUT2D eigenvalue weighted by Crippen LogP contribution is -2.08. The summed E-state index contributed by atoms with van der Waals surface area (Å²) in [7, 11) is 0. The Kier molecular flexibility index (Phi) is 3.31. The van der Waals surface area contributed by atoms with Crippen LogP contribution < -0.4 is 0 Å². The molecule has 0 unspecified atom stereocenters. The second kappa shape index (κ2) is 5.62. The van der Waals surface area contributed by atoms with Gasteiger partial charge in [0.25, 0.3) is 0 Å². The zero-order valence-electron chi connectivity index (χ0n) is 12.6. The Morgan fingerprint density at radius 1 is 0.917 bits per heavy atom. The van der Waals surface area contributed by atoms with Crippen LogP contribution in [0.4, 0.5) is 0 Å². The van der Waals surface area contributed by atoms with Crippen molar-refractivity contribution in [2.75, 3.05) is 0 Å². The van der Waals surface area contributed by atoms with Gasteiger partial charge in [-0.3, -0.25) is 0 Å². The van der Waals surface area contributed by atoms with E-state index >= 15 is 0 Å². The number of carboxylic acid groups (broad SMARTS) is 1. The Morgan fingerprint density at radius 2 is 1.71 bits per heavy atom. The summed E-state index contributed by atoms with van der Waals surface area (Å²) in [5.74, 6) is -0.567. The van der Waals surface area contributed by atoms with Crippen molar-refractivity contribution in [2.45, 2.75) is 0 Å². The predicted octanol–water partition coefficient (Wildman–Crippen LogP) is 3.79. The summed E-state index contributed by atoms with van der Waals surface area (Å²) in [5, 5.41) is 16.1. The van der Waals surface area contributed by atoms with Crippen LogP contribution in [0.2, 0.25) is 0 Å². The van der Waals surface area contributed by atoms with E-state index in [4.69, 9.17) is 0 Å². The molecular weight excluding hydrogens is 302 g/mol. The average Bonchev–Trinajstić information content (AvgIpc) is 3.08. The summed E-state index contributed by atoms with van der Waals surface area (Å²) in [6, 6.07) is 20.8. The van der Waals surface area contributed by atoms with Crippen LogP contribution in [0, 0.1) is 0 Å². The van der Waals surface area contributed by atoms with Gasteiger partial charge in [0.2, 0.25) is 0 Å². The molecule has 4 rings (SSSR count). The van der Waals surface area contributed by atoms with E-state index in [-0.39, 0.29) is 5.69 Å². The minimum Gasteiger partial charge on any atom is -0.477 e. The number of pyridine rings is 1. The molecule has 2 heterocycles. The molecule has 2 aromatic carbocycles. The molecule has 0 amide bonds. The lowest BCUT2D eigenvalue weighted by atomic mass is 10.1. The van der Waals surface area contributed by atoms with E-state index in [2.05, 4.69) is 10.1 Å². The topological polar surface area (TPSA) is 68.0 Å².